The Balaban J connectivity index is 1.47. The molecular weight excluding hydrogens is 466 g/mol. The molecule has 5 aromatic rings. The Bertz CT molecular complexity index is 1440. The quantitative estimate of drug-likeness (QED) is 0.253. The van der Waals surface area contributed by atoms with Gasteiger partial charge in [-0.3, -0.25) is 14.7 Å². The van der Waals surface area contributed by atoms with E-state index >= 15 is 0 Å². The Hall–Kier alpha value is -3.74. The zero-order chi connectivity index (χ0) is 23.5. The summed E-state index contributed by atoms with van der Waals surface area (Å²) in [5.74, 6) is 1.24. The molecule has 0 aliphatic carbocycles. The Morgan fingerprint density at radius 3 is 2.50 bits per heavy atom. The molecule has 0 atom stereocenters. The number of hydrogen-bond donors (Lipinski definition) is 0. The van der Waals surface area contributed by atoms with Crippen molar-refractivity contribution >= 4 is 44.2 Å². The van der Waals surface area contributed by atoms with Gasteiger partial charge in [0, 0.05) is 23.0 Å². The van der Waals surface area contributed by atoms with Crippen molar-refractivity contribution in [2.24, 2.45) is 0 Å². The third kappa shape index (κ3) is 4.78. The zero-order valence-corrected chi connectivity index (χ0v) is 19.9. The van der Waals surface area contributed by atoms with Crippen LogP contribution < -0.4 is 9.64 Å². The molecular formula is C27H20ClN3O2S. The lowest BCUT2D eigenvalue weighted by Crippen LogP contribution is -2.30. The molecule has 0 N–H and O–H groups in total. The molecule has 7 heteroatoms. The lowest BCUT2D eigenvalue weighted by Gasteiger charge is -2.20. The summed E-state index contributed by atoms with van der Waals surface area (Å²) in [4.78, 5) is 24.3. The third-order valence-electron chi connectivity index (χ3n) is 5.26. The number of nitrogens with zero attached hydrogens (tertiary/aromatic N) is 3. The van der Waals surface area contributed by atoms with Gasteiger partial charge in [-0.1, -0.05) is 47.2 Å². The van der Waals surface area contributed by atoms with E-state index < -0.39 is 0 Å². The molecule has 0 aliphatic heterocycles. The van der Waals surface area contributed by atoms with Crippen molar-refractivity contribution in [3.63, 3.8) is 0 Å². The minimum absolute atomic E-state index is 0.155. The van der Waals surface area contributed by atoms with E-state index in [2.05, 4.69) is 4.98 Å². The molecule has 2 aromatic heterocycles. The van der Waals surface area contributed by atoms with Crippen molar-refractivity contribution in [1.82, 2.24) is 9.97 Å². The fourth-order valence-corrected chi connectivity index (χ4v) is 5.02. The maximum atomic E-state index is 13.7. The van der Waals surface area contributed by atoms with Crippen LogP contribution in [0.2, 0.25) is 5.02 Å². The largest absolute Gasteiger partial charge is 0.457 e. The van der Waals surface area contributed by atoms with Crippen molar-refractivity contribution in [3.8, 4) is 11.5 Å². The molecule has 2 heterocycles. The predicted molar refractivity (Wildman–Crippen MR) is 137 cm³/mol. The first-order chi connectivity index (χ1) is 16.6. The molecule has 168 valence electrons. The highest BCUT2D eigenvalue weighted by Crippen LogP contribution is 2.34. The fourth-order valence-electron chi connectivity index (χ4n) is 3.60. The summed E-state index contributed by atoms with van der Waals surface area (Å²) in [5.41, 5.74) is 3.27. The number of pyridine rings is 1. The number of anilines is 1. The topological polar surface area (TPSA) is 55.3 Å². The van der Waals surface area contributed by atoms with E-state index in [1.165, 1.54) is 11.3 Å². The fraction of sp³-hybridized carbons (Fsp3) is 0.0741. The highest BCUT2D eigenvalue weighted by atomic mass is 35.5. The monoisotopic (exact) mass is 485 g/mol. The van der Waals surface area contributed by atoms with Gasteiger partial charge in [0.25, 0.3) is 5.91 Å². The number of aryl methyl sites for hydroxylation is 1. The van der Waals surface area contributed by atoms with Crippen LogP contribution in [0.25, 0.3) is 10.2 Å². The first-order valence-electron chi connectivity index (χ1n) is 10.7. The van der Waals surface area contributed by atoms with Crippen LogP contribution in [-0.2, 0) is 6.54 Å². The summed E-state index contributed by atoms with van der Waals surface area (Å²) >= 11 is 7.70. The summed E-state index contributed by atoms with van der Waals surface area (Å²) in [7, 11) is 0. The molecule has 0 radical (unpaired) electrons. The van der Waals surface area contributed by atoms with Gasteiger partial charge in [-0.2, -0.15) is 0 Å². The number of rotatable bonds is 6. The summed E-state index contributed by atoms with van der Waals surface area (Å²) < 4.78 is 6.80. The van der Waals surface area contributed by atoms with E-state index in [0.29, 0.717) is 28.0 Å². The highest BCUT2D eigenvalue weighted by molar-refractivity contribution is 7.22. The second-order valence-corrected chi connectivity index (χ2v) is 9.20. The maximum absolute atomic E-state index is 13.7. The number of fused-ring (bicyclic) bond motifs is 1. The average Bonchev–Trinajstić information content (AvgIpc) is 3.28. The first-order valence-corrected chi connectivity index (χ1v) is 11.9. The highest BCUT2D eigenvalue weighted by Gasteiger charge is 2.22. The normalized spacial score (nSPS) is 10.9. The Kier molecular flexibility index (Phi) is 6.25. The van der Waals surface area contributed by atoms with Gasteiger partial charge in [0.05, 0.1) is 16.8 Å². The number of thiazole rings is 1. The zero-order valence-electron chi connectivity index (χ0n) is 18.3. The van der Waals surface area contributed by atoms with E-state index in [1.807, 2.05) is 61.5 Å². The third-order valence-corrected chi connectivity index (χ3v) is 6.50. The summed E-state index contributed by atoms with van der Waals surface area (Å²) in [6.45, 7) is 2.32. The van der Waals surface area contributed by atoms with E-state index in [-0.39, 0.29) is 5.91 Å². The Morgan fingerprint density at radius 2 is 1.76 bits per heavy atom. The van der Waals surface area contributed by atoms with Crippen LogP contribution in [0.5, 0.6) is 11.5 Å². The van der Waals surface area contributed by atoms with Gasteiger partial charge < -0.3 is 4.74 Å². The molecule has 1 amide bonds. The van der Waals surface area contributed by atoms with Crippen molar-refractivity contribution in [2.75, 3.05) is 4.90 Å². The van der Waals surface area contributed by atoms with Crippen molar-refractivity contribution in [2.45, 2.75) is 13.5 Å². The van der Waals surface area contributed by atoms with Gasteiger partial charge in [0.2, 0.25) is 0 Å². The van der Waals surface area contributed by atoms with Gasteiger partial charge >= 0.3 is 0 Å². The first kappa shape index (κ1) is 22.1. The van der Waals surface area contributed by atoms with Gasteiger partial charge in [-0.25, -0.2) is 4.98 Å². The standard InChI is InChI=1S/C27H20ClN3O2S/c1-18-14-21(28)15-24-25(18)30-27(34-24)31(17-19-6-5-13-29-16-19)26(32)20-9-11-23(12-10-20)33-22-7-3-2-4-8-22/h2-16H,17H2,1H3. The van der Waals surface area contributed by atoms with Crippen LogP contribution >= 0.6 is 22.9 Å². The summed E-state index contributed by atoms with van der Waals surface area (Å²) in [6, 6.07) is 24.2. The molecule has 0 unspecified atom stereocenters. The number of halogens is 1. The SMILES string of the molecule is Cc1cc(Cl)cc2sc(N(Cc3cccnc3)C(=O)c3ccc(Oc4ccccc4)cc3)nc12. The molecule has 34 heavy (non-hydrogen) atoms. The minimum atomic E-state index is -0.155. The molecule has 0 saturated heterocycles. The predicted octanol–water partition coefficient (Wildman–Crippen LogP) is 7.29. The van der Waals surface area contributed by atoms with Crippen LogP contribution in [0, 0.1) is 6.92 Å². The number of hydrogen-bond acceptors (Lipinski definition) is 5. The molecule has 3 aromatic carbocycles. The van der Waals surface area contributed by atoms with Crippen molar-refractivity contribution < 1.29 is 9.53 Å². The van der Waals surface area contributed by atoms with Crippen LogP contribution in [0.3, 0.4) is 0 Å². The molecule has 5 rings (SSSR count). The molecule has 0 saturated carbocycles. The van der Waals surface area contributed by atoms with Gasteiger partial charge in [-0.15, -0.1) is 0 Å². The summed E-state index contributed by atoms with van der Waals surface area (Å²) in [6.07, 6.45) is 3.47. The van der Waals surface area contributed by atoms with Crippen molar-refractivity contribution in [3.05, 3.63) is 113 Å². The van der Waals surface area contributed by atoms with Gasteiger partial charge in [0.1, 0.15) is 11.5 Å². The number of amides is 1. The number of carbonyl (C=O) groups excluding carboxylic acids is 1. The number of para-hydroxylation sites is 1. The minimum Gasteiger partial charge on any atom is -0.457 e. The lowest BCUT2D eigenvalue weighted by molar-refractivity contribution is 0.0985. The van der Waals surface area contributed by atoms with E-state index in [4.69, 9.17) is 21.3 Å². The Labute approximate surface area is 206 Å². The van der Waals surface area contributed by atoms with Crippen LogP contribution in [0.15, 0.2) is 91.3 Å². The number of carbonyl (C=O) groups is 1. The second-order valence-electron chi connectivity index (χ2n) is 7.76. The second kappa shape index (κ2) is 9.63. The lowest BCUT2D eigenvalue weighted by atomic mass is 10.1. The molecule has 5 nitrogen and oxygen atoms in total. The number of aromatic nitrogens is 2. The maximum Gasteiger partial charge on any atom is 0.260 e. The molecule has 0 aliphatic rings. The molecule has 0 spiro atoms. The average molecular weight is 486 g/mol. The van der Waals surface area contributed by atoms with Gasteiger partial charge in [-0.05, 0) is 72.6 Å². The summed E-state index contributed by atoms with van der Waals surface area (Å²) in [5, 5.41) is 1.26. The van der Waals surface area contributed by atoms with Gasteiger partial charge in [0.15, 0.2) is 5.13 Å². The van der Waals surface area contributed by atoms with Crippen LogP contribution in [-0.4, -0.2) is 15.9 Å². The van der Waals surface area contributed by atoms with Crippen LogP contribution in [0.4, 0.5) is 5.13 Å². The number of benzene rings is 3. The van der Waals surface area contributed by atoms with Crippen molar-refractivity contribution in [1.29, 1.82) is 0 Å². The smallest absolute Gasteiger partial charge is 0.260 e. The van der Waals surface area contributed by atoms with E-state index in [0.717, 1.165) is 27.1 Å². The van der Waals surface area contributed by atoms with Crippen LogP contribution in [0.1, 0.15) is 21.5 Å². The molecule has 0 fully saturated rings. The van der Waals surface area contributed by atoms with E-state index in [9.17, 15) is 4.79 Å². The van der Waals surface area contributed by atoms with E-state index in [1.54, 1.807) is 41.6 Å². The molecule has 0 bridgehead atoms. The Morgan fingerprint density at radius 1 is 1.00 bits per heavy atom. The number of ether oxygens (including phenoxy) is 1.